The number of benzene rings is 2. The topological polar surface area (TPSA) is 112 Å². The van der Waals surface area contributed by atoms with Gasteiger partial charge in [-0.05, 0) is 60.7 Å². The number of nitrogens with one attached hydrogen (secondary N) is 3. The Hall–Kier alpha value is -2.62. The largest absolute Gasteiger partial charge is 0.394 e. The number of amides is 3. The van der Waals surface area contributed by atoms with Gasteiger partial charge in [0, 0.05) is 15.2 Å². The van der Waals surface area contributed by atoms with E-state index in [1.165, 1.54) is 25.3 Å². The van der Waals surface area contributed by atoms with Crippen molar-refractivity contribution in [2.75, 3.05) is 25.6 Å². The maximum absolute atomic E-state index is 15.2. The Labute approximate surface area is 207 Å². The standard InChI is InChI=1S/C21H24F3IN4O5/c1-11(2)26-21(32)29(33-3)10-12-8-14(20(31)28-34-7-6-30)19(18(24)17(12)23)27-16-5-4-13(25)9-15(16)22/h4-5,8-9,11,27,30H,6-7,10H2,1-3H3,(H,26,32)(H,28,31). The van der Waals surface area contributed by atoms with Gasteiger partial charge in [0.15, 0.2) is 11.6 Å². The van der Waals surface area contributed by atoms with E-state index < -0.39 is 53.8 Å². The Morgan fingerprint density at radius 2 is 1.88 bits per heavy atom. The second kappa shape index (κ2) is 12.7. The molecule has 0 fully saturated rings. The number of hydrogen-bond donors (Lipinski definition) is 4. The van der Waals surface area contributed by atoms with Crippen molar-refractivity contribution in [3.8, 4) is 0 Å². The first kappa shape index (κ1) is 27.6. The fourth-order valence-corrected chi connectivity index (χ4v) is 3.18. The van der Waals surface area contributed by atoms with Crippen LogP contribution in [0.25, 0.3) is 0 Å². The molecule has 0 bridgehead atoms. The molecule has 0 aromatic heterocycles. The molecule has 0 radical (unpaired) electrons. The van der Waals surface area contributed by atoms with E-state index in [1.807, 2.05) is 28.1 Å². The van der Waals surface area contributed by atoms with Crippen molar-refractivity contribution in [3.05, 3.63) is 56.4 Å². The molecule has 2 aromatic rings. The number of carbonyl (C=O) groups excluding carboxylic acids is 2. The first-order valence-corrected chi connectivity index (χ1v) is 11.0. The molecule has 4 N–H and O–H groups in total. The van der Waals surface area contributed by atoms with Crippen molar-refractivity contribution in [1.82, 2.24) is 15.9 Å². The van der Waals surface area contributed by atoms with Gasteiger partial charge in [-0.3, -0.25) is 14.5 Å². The molecule has 186 valence electrons. The number of halogens is 4. The number of aliphatic hydroxyl groups is 1. The summed E-state index contributed by atoms with van der Waals surface area (Å²) < 4.78 is 45.0. The van der Waals surface area contributed by atoms with Gasteiger partial charge in [0.05, 0.1) is 43.8 Å². The van der Waals surface area contributed by atoms with Crippen LogP contribution in [-0.4, -0.2) is 48.5 Å². The van der Waals surface area contributed by atoms with Crippen LogP contribution >= 0.6 is 22.6 Å². The van der Waals surface area contributed by atoms with Crippen LogP contribution in [-0.2, 0) is 16.2 Å². The summed E-state index contributed by atoms with van der Waals surface area (Å²) in [5.41, 5.74) is 0.310. The van der Waals surface area contributed by atoms with Crippen LogP contribution in [0.5, 0.6) is 0 Å². The van der Waals surface area contributed by atoms with E-state index in [0.29, 0.717) is 3.57 Å². The van der Waals surface area contributed by atoms with E-state index in [1.54, 1.807) is 13.8 Å². The van der Waals surface area contributed by atoms with E-state index >= 15 is 4.39 Å². The third-order valence-corrected chi connectivity index (χ3v) is 4.92. The number of rotatable bonds is 10. The van der Waals surface area contributed by atoms with E-state index in [9.17, 15) is 18.4 Å². The van der Waals surface area contributed by atoms with E-state index in [4.69, 9.17) is 14.8 Å². The number of urea groups is 1. The SMILES string of the molecule is CON(Cc1cc(C(=O)NOCCO)c(Nc2ccc(I)cc2F)c(F)c1F)C(=O)NC(C)C. The molecule has 34 heavy (non-hydrogen) atoms. The third kappa shape index (κ3) is 7.19. The average molecular weight is 596 g/mol. The Balaban J connectivity index is 2.51. The maximum atomic E-state index is 15.2. The van der Waals surface area contributed by atoms with Crippen LogP contribution in [0.4, 0.5) is 29.3 Å². The minimum absolute atomic E-state index is 0.202. The molecule has 0 heterocycles. The molecule has 0 aliphatic rings. The number of nitrogens with zero attached hydrogens (tertiary/aromatic N) is 1. The van der Waals surface area contributed by atoms with Gasteiger partial charge in [0.1, 0.15) is 5.82 Å². The first-order valence-electron chi connectivity index (χ1n) is 9.97. The van der Waals surface area contributed by atoms with Gasteiger partial charge in [0.25, 0.3) is 5.91 Å². The highest BCUT2D eigenvalue weighted by molar-refractivity contribution is 14.1. The van der Waals surface area contributed by atoms with Crippen LogP contribution in [0.2, 0.25) is 0 Å². The predicted octanol–water partition coefficient (Wildman–Crippen LogP) is 3.59. The molecule has 0 atom stereocenters. The maximum Gasteiger partial charge on any atom is 0.341 e. The third-order valence-electron chi connectivity index (χ3n) is 4.25. The molecule has 0 saturated heterocycles. The number of anilines is 2. The number of hydroxylamine groups is 3. The van der Waals surface area contributed by atoms with E-state index in [-0.39, 0.29) is 23.9 Å². The van der Waals surface area contributed by atoms with E-state index in [2.05, 4.69) is 10.6 Å². The fraction of sp³-hybridized carbons (Fsp3) is 0.333. The van der Waals surface area contributed by atoms with Crippen LogP contribution in [0.1, 0.15) is 29.8 Å². The quantitative estimate of drug-likeness (QED) is 0.190. The second-order valence-electron chi connectivity index (χ2n) is 7.16. The van der Waals surface area contributed by atoms with E-state index in [0.717, 1.165) is 11.1 Å². The van der Waals surface area contributed by atoms with Gasteiger partial charge >= 0.3 is 6.03 Å². The summed E-state index contributed by atoms with van der Waals surface area (Å²) in [6.45, 7) is 2.18. The second-order valence-corrected chi connectivity index (χ2v) is 8.41. The van der Waals surface area contributed by atoms with Crippen LogP contribution < -0.4 is 16.1 Å². The molecule has 0 aliphatic carbocycles. The molecule has 0 saturated carbocycles. The van der Waals surface area contributed by atoms with Crippen LogP contribution in [0, 0.1) is 21.0 Å². The van der Waals surface area contributed by atoms with Crippen molar-refractivity contribution in [1.29, 1.82) is 0 Å². The van der Waals surface area contributed by atoms with Crippen molar-refractivity contribution in [2.45, 2.75) is 26.4 Å². The van der Waals surface area contributed by atoms with Gasteiger partial charge in [0.2, 0.25) is 0 Å². The lowest BCUT2D eigenvalue weighted by Crippen LogP contribution is -2.42. The Kier molecular flexibility index (Phi) is 10.3. The molecule has 2 aromatic carbocycles. The molecular weight excluding hydrogens is 572 g/mol. The summed E-state index contributed by atoms with van der Waals surface area (Å²) in [5, 5.41) is 14.5. The zero-order valence-corrected chi connectivity index (χ0v) is 20.7. The smallest absolute Gasteiger partial charge is 0.341 e. The van der Waals surface area contributed by atoms with Gasteiger partial charge in [-0.25, -0.2) is 23.4 Å². The molecule has 13 heteroatoms. The Morgan fingerprint density at radius 3 is 2.47 bits per heavy atom. The normalized spacial score (nSPS) is 10.9. The molecule has 3 amide bonds. The molecule has 9 nitrogen and oxygen atoms in total. The van der Waals surface area contributed by atoms with Crippen molar-refractivity contribution in [2.24, 2.45) is 0 Å². The van der Waals surface area contributed by atoms with Gasteiger partial charge in [-0.1, -0.05) is 0 Å². The predicted molar refractivity (Wildman–Crippen MR) is 125 cm³/mol. The van der Waals surface area contributed by atoms with Crippen molar-refractivity contribution >= 4 is 45.9 Å². The van der Waals surface area contributed by atoms with Gasteiger partial charge < -0.3 is 15.7 Å². The summed E-state index contributed by atoms with van der Waals surface area (Å²) in [5.74, 6) is -4.61. The Morgan fingerprint density at radius 1 is 1.18 bits per heavy atom. The zero-order chi connectivity index (χ0) is 25.4. The molecular formula is C21H24F3IN4O5. The van der Waals surface area contributed by atoms with Crippen LogP contribution in [0.3, 0.4) is 0 Å². The first-order chi connectivity index (χ1) is 16.1. The average Bonchev–Trinajstić information content (AvgIpc) is 2.77. The molecule has 2 rings (SSSR count). The number of aliphatic hydroxyl groups excluding tert-OH is 1. The van der Waals surface area contributed by atoms with Gasteiger partial charge in [-0.15, -0.1) is 0 Å². The number of hydrogen-bond acceptors (Lipinski definition) is 6. The summed E-state index contributed by atoms with van der Waals surface area (Å²) in [4.78, 5) is 34.6. The summed E-state index contributed by atoms with van der Waals surface area (Å²) in [6.07, 6.45) is 0. The highest BCUT2D eigenvalue weighted by Crippen LogP contribution is 2.31. The molecule has 0 unspecified atom stereocenters. The lowest BCUT2D eigenvalue weighted by molar-refractivity contribution is -0.0943. The summed E-state index contributed by atoms with van der Waals surface area (Å²) in [7, 11) is 1.17. The number of carbonyl (C=O) groups is 2. The highest BCUT2D eigenvalue weighted by atomic mass is 127. The van der Waals surface area contributed by atoms with Gasteiger partial charge in [-0.2, -0.15) is 5.06 Å². The van der Waals surface area contributed by atoms with Crippen LogP contribution in [0.15, 0.2) is 24.3 Å². The minimum atomic E-state index is -1.48. The fourth-order valence-electron chi connectivity index (χ4n) is 2.73. The highest BCUT2D eigenvalue weighted by Gasteiger charge is 2.26. The summed E-state index contributed by atoms with van der Waals surface area (Å²) in [6, 6.07) is 4.01. The Bertz CT molecular complexity index is 1040. The molecule has 0 spiro atoms. The lowest BCUT2D eigenvalue weighted by atomic mass is 10.1. The zero-order valence-electron chi connectivity index (χ0n) is 18.5. The minimum Gasteiger partial charge on any atom is -0.394 e. The van der Waals surface area contributed by atoms with Crippen molar-refractivity contribution in [3.63, 3.8) is 0 Å². The lowest BCUT2D eigenvalue weighted by Gasteiger charge is -2.23. The molecule has 0 aliphatic heterocycles. The monoisotopic (exact) mass is 596 g/mol. The van der Waals surface area contributed by atoms with Crippen molar-refractivity contribution < 1.29 is 37.5 Å². The summed E-state index contributed by atoms with van der Waals surface area (Å²) >= 11 is 1.88.